The van der Waals surface area contributed by atoms with Gasteiger partial charge in [-0.3, -0.25) is 4.79 Å². The number of hydrogen-bond acceptors (Lipinski definition) is 5. The highest BCUT2D eigenvalue weighted by Crippen LogP contribution is 2.25. The fourth-order valence-electron chi connectivity index (χ4n) is 2.31. The van der Waals surface area contributed by atoms with E-state index < -0.39 is 6.10 Å². The molecule has 2 N–H and O–H groups in total. The Hall–Kier alpha value is -1.79. The third-order valence-electron chi connectivity index (χ3n) is 3.54. The topological polar surface area (TPSA) is 71.0 Å². The van der Waals surface area contributed by atoms with Crippen LogP contribution in [0, 0.1) is 0 Å². The van der Waals surface area contributed by atoms with E-state index in [2.05, 4.69) is 5.32 Å². The highest BCUT2D eigenvalue weighted by atomic mass is 16.5. The van der Waals surface area contributed by atoms with E-state index in [4.69, 9.17) is 9.47 Å². The lowest BCUT2D eigenvalue weighted by molar-refractivity contribution is -0.132. The van der Waals surface area contributed by atoms with Crippen LogP contribution < -0.4 is 14.8 Å². The van der Waals surface area contributed by atoms with Crippen LogP contribution in [0.4, 0.5) is 0 Å². The lowest BCUT2D eigenvalue weighted by Gasteiger charge is -2.21. The molecular weight excluding hydrogens is 272 g/mol. The van der Waals surface area contributed by atoms with E-state index >= 15 is 0 Å². The summed E-state index contributed by atoms with van der Waals surface area (Å²) in [6, 6.07) is 7.11. The molecule has 2 atom stereocenters. The maximum atomic E-state index is 12.1. The Morgan fingerprint density at radius 2 is 2.14 bits per heavy atom. The smallest absolute Gasteiger partial charge is 0.239 e. The summed E-state index contributed by atoms with van der Waals surface area (Å²) in [6.07, 6.45) is 0.0356. The minimum Gasteiger partial charge on any atom is -0.493 e. The number of carbonyl (C=O) groups excluding carboxylic acids is 1. The van der Waals surface area contributed by atoms with Crippen molar-refractivity contribution >= 4 is 5.91 Å². The van der Waals surface area contributed by atoms with E-state index in [1.165, 1.54) is 0 Å². The van der Waals surface area contributed by atoms with Crippen LogP contribution in [-0.4, -0.2) is 61.9 Å². The fourth-order valence-corrected chi connectivity index (χ4v) is 2.31. The first-order valence-electron chi connectivity index (χ1n) is 7.04. The second-order valence-corrected chi connectivity index (χ2v) is 5.11. The molecule has 1 aliphatic rings. The third-order valence-corrected chi connectivity index (χ3v) is 3.54. The zero-order valence-corrected chi connectivity index (χ0v) is 12.4. The summed E-state index contributed by atoms with van der Waals surface area (Å²) < 4.78 is 10.8. The van der Waals surface area contributed by atoms with E-state index in [0.29, 0.717) is 37.6 Å². The number of nitrogens with one attached hydrogen (secondary N) is 1. The number of β-amino-alcohol motifs (C(OH)–C–C–N with tert-alkyl or cyclic N) is 1. The molecule has 0 aromatic heterocycles. The Morgan fingerprint density at radius 1 is 1.43 bits per heavy atom. The number of carbonyl (C=O) groups is 1. The van der Waals surface area contributed by atoms with Crippen LogP contribution in [0.3, 0.4) is 0 Å². The molecular formula is C15H22N2O4. The van der Waals surface area contributed by atoms with Gasteiger partial charge < -0.3 is 24.8 Å². The van der Waals surface area contributed by atoms with Crippen molar-refractivity contribution < 1.29 is 19.4 Å². The predicted molar refractivity (Wildman–Crippen MR) is 78.5 cm³/mol. The maximum absolute atomic E-state index is 12.1. The summed E-state index contributed by atoms with van der Waals surface area (Å²) in [4.78, 5) is 13.7. The Labute approximate surface area is 124 Å². The van der Waals surface area contributed by atoms with Crippen molar-refractivity contribution in [2.45, 2.75) is 18.6 Å². The van der Waals surface area contributed by atoms with Gasteiger partial charge >= 0.3 is 0 Å². The quantitative estimate of drug-likeness (QED) is 0.787. The molecule has 0 radical (unpaired) electrons. The number of ether oxygens (including phenoxy) is 2. The van der Waals surface area contributed by atoms with Crippen molar-refractivity contribution in [1.82, 2.24) is 10.2 Å². The summed E-state index contributed by atoms with van der Waals surface area (Å²) in [5, 5.41) is 12.5. The van der Waals surface area contributed by atoms with Gasteiger partial charge in [-0.1, -0.05) is 12.1 Å². The normalized spacial score (nSPS) is 21.1. The second-order valence-electron chi connectivity index (χ2n) is 5.11. The minimum atomic E-state index is -0.433. The molecule has 0 saturated carbocycles. The van der Waals surface area contributed by atoms with E-state index in [0.717, 1.165) is 0 Å². The second kappa shape index (κ2) is 7.28. The third kappa shape index (κ3) is 4.09. The zero-order valence-electron chi connectivity index (χ0n) is 12.4. The lowest BCUT2D eigenvalue weighted by atomic mass is 10.2. The molecule has 0 spiro atoms. The van der Waals surface area contributed by atoms with Crippen molar-refractivity contribution in [3.05, 3.63) is 24.3 Å². The first-order valence-corrected chi connectivity index (χ1v) is 7.04. The molecule has 1 heterocycles. The fraction of sp³-hybridized carbons (Fsp3) is 0.533. The van der Waals surface area contributed by atoms with E-state index in [1.54, 1.807) is 19.1 Å². The molecule has 1 fully saturated rings. The van der Waals surface area contributed by atoms with Crippen LogP contribution in [0.15, 0.2) is 24.3 Å². The number of methoxy groups -OCH3 is 1. The highest BCUT2D eigenvalue weighted by Gasteiger charge is 2.29. The van der Waals surface area contributed by atoms with Gasteiger partial charge in [0.05, 0.1) is 25.8 Å². The van der Waals surface area contributed by atoms with Crippen LogP contribution in [0.1, 0.15) is 6.42 Å². The Morgan fingerprint density at radius 3 is 2.76 bits per heavy atom. The van der Waals surface area contributed by atoms with Crippen molar-refractivity contribution in [1.29, 1.82) is 0 Å². The van der Waals surface area contributed by atoms with Gasteiger partial charge in [-0.2, -0.15) is 0 Å². The summed E-state index contributed by atoms with van der Waals surface area (Å²) in [7, 11) is 3.33. The first-order chi connectivity index (χ1) is 10.1. The molecule has 1 aromatic rings. The number of hydrogen-bond donors (Lipinski definition) is 2. The van der Waals surface area contributed by atoms with Crippen LogP contribution in [0.25, 0.3) is 0 Å². The van der Waals surface area contributed by atoms with Crippen molar-refractivity contribution in [2.24, 2.45) is 0 Å². The molecule has 0 bridgehead atoms. The monoisotopic (exact) mass is 294 g/mol. The lowest BCUT2D eigenvalue weighted by Crippen LogP contribution is -2.43. The summed E-state index contributed by atoms with van der Waals surface area (Å²) in [6.45, 7) is 1.34. The van der Waals surface area contributed by atoms with E-state index in [9.17, 15) is 9.90 Å². The number of aliphatic hydroxyl groups is 1. The molecule has 6 nitrogen and oxygen atoms in total. The average molecular weight is 294 g/mol. The molecule has 2 rings (SSSR count). The number of benzene rings is 1. The summed E-state index contributed by atoms with van der Waals surface area (Å²) >= 11 is 0. The number of rotatable bonds is 6. The van der Waals surface area contributed by atoms with Gasteiger partial charge in [0.1, 0.15) is 6.61 Å². The Balaban J connectivity index is 1.78. The minimum absolute atomic E-state index is 0.0184. The SMILES string of the molecule is COc1ccccc1OCCN(C)C(=O)C1CC(O)CN1. The molecule has 116 valence electrons. The molecule has 21 heavy (non-hydrogen) atoms. The van der Waals surface area contributed by atoms with E-state index in [-0.39, 0.29) is 11.9 Å². The summed E-state index contributed by atoms with van der Waals surface area (Å²) in [5.74, 6) is 1.32. The number of aliphatic hydroxyl groups excluding tert-OH is 1. The molecule has 2 unspecified atom stereocenters. The van der Waals surface area contributed by atoms with Gasteiger partial charge in [-0.05, 0) is 18.6 Å². The summed E-state index contributed by atoms with van der Waals surface area (Å²) in [5.41, 5.74) is 0. The van der Waals surface area contributed by atoms with E-state index in [1.807, 2.05) is 24.3 Å². The first kappa shape index (κ1) is 15.6. The molecule has 1 aromatic carbocycles. The van der Waals surface area contributed by atoms with Gasteiger partial charge in [0.15, 0.2) is 11.5 Å². The van der Waals surface area contributed by atoms with Crippen LogP contribution in [0.5, 0.6) is 11.5 Å². The molecule has 1 saturated heterocycles. The molecule has 1 aliphatic heterocycles. The number of para-hydroxylation sites is 2. The largest absolute Gasteiger partial charge is 0.493 e. The standard InChI is InChI=1S/C15H22N2O4/c1-17(15(19)12-9-11(18)10-16-12)7-8-21-14-6-4-3-5-13(14)20-2/h3-6,11-12,16,18H,7-10H2,1-2H3. The van der Waals surface area contributed by atoms with Crippen molar-refractivity contribution in [3.63, 3.8) is 0 Å². The van der Waals surface area contributed by atoms with Gasteiger partial charge in [-0.15, -0.1) is 0 Å². The Kier molecular flexibility index (Phi) is 5.41. The number of nitrogens with zero attached hydrogens (tertiary/aromatic N) is 1. The van der Waals surface area contributed by atoms with Gasteiger partial charge in [0.2, 0.25) is 5.91 Å². The van der Waals surface area contributed by atoms with Gasteiger partial charge in [-0.25, -0.2) is 0 Å². The Bertz CT molecular complexity index is 480. The molecule has 0 aliphatic carbocycles. The maximum Gasteiger partial charge on any atom is 0.239 e. The van der Waals surface area contributed by atoms with Crippen LogP contribution >= 0.6 is 0 Å². The molecule has 6 heteroatoms. The van der Waals surface area contributed by atoms with Crippen molar-refractivity contribution in [3.8, 4) is 11.5 Å². The van der Waals surface area contributed by atoms with Crippen LogP contribution in [-0.2, 0) is 4.79 Å². The highest BCUT2D eigenvalue weighted by molar-refractivity contribution is 5.82. The zero-order chi connectivity index (χ0) is 15.2. The average Bonchev–Trinajstić information content (AvgIpc) is 2.93. The van der Waals surface area contributed by atoms with Crippen molar-refractivity contribution in [2.75, 3.05) is 33.9 Å². The number of amides is 1. The van der Waals surface area contributed by atoms with Gasteiger partial charge in [0.25, 0.3) is 0 Å². The number of likely N-dealkylation sites (N-methyl/N-ethyl adjacent to an activating group) is 1. The predicted octanol–water partition coefficient (Wildman–Crippen LogP) is 0.255. The van der Waals surface area contributed by atoms with Gasteiger partial charge in [0, 0.05) is 13.6 Å². The van der Waals surface area contributed by atoms with Crippen LogP contribution in [0.2, 0.25) is 0 Å². The molecule has 1 amide bonds.